The molecule has 122 valence electrons. The van der Waals surface area contributed by atoms with Gasteiger partial charge in [0, 0.05) is 23.3 Å². The van der Waals surface area contributed by atoms with Gasteiger partial charge in [0.25, 0.3) is 5.69 Å². The number of rotatable bonds is 6. The van der Waals surface area contributed by atoms with Gasteiger partial charge >= 0.3 is 0 Å². The molecule has 0 spiro atoms. The normalized spacial score (nSPS) is 10.7. The number of unbranched alkanes of at least 4 members (excludes halogenated alkanes) is 1. The maximum atomic E-state index is 10.8. The van der Waals surface area contributed by atoms with Crippen LogP contribution in [0.15, 0.2) is 65.1 Å². The van der Waals surface area contributed by atoms with Crippen LogP contribution in [0.5, 0.6) is 0 Å². The highest BCUT2D eigenvalue weighted by Gasteiger charge is 2.15. The molecule has 0 saturated heterocycles. The second-order valence-electron chi connectivity index (χ2n) is 5.74. The Morgan fingerprint density at radius 1 is 1.00 bits per heavy atom. The number of furan rings is 1. The van der Waals surface area contributed by atoms with Crippen LogP contribution in [0, 0.1) is 10.1 Å². The number of nitro benzene ring substituents is 1. The van der Waals surface area contributed by atoms with Crippen molar-refractivity contribution in [2.75, 3.05) is 0 Å². The molecular formula is C20H19NO3. The second kappa shape index (κ2) is 7.13. The van der Waals surface area contributed by atoms with Crippen LogP contribution >= 0.6 is 0 Å². The van der Waals surface area contributed by atoms with Crippen LogP contribution in [0.2, 0.25) is 0 Å². The van der Waals surface area contributed by atoms with Crippen LogP contribution in [0.3, 0.4) is 0 Å². The lowest BCUT2D eigenvalue weighted by molar-refractivity contribution is -0.384. The number of nitrogens with zero attached hydrogens (tertiary/aromatic N) is 1. The Morgan fingerprint density at radius 2 is 1.71 bits per heavy atom. The van der Waals surface area contributed by atoms with E-state index in [0.29, 0.717) is 0 Å². The first-order valence-electron chi connectivity index (χ1n) is 8.12. The Labute approximate surface area is 140 Å². The monoisotopic (exact) mass is 321 g/mol. The topological polar surface area (TPSA) is 56.3 Å². The van der Waals surface area contributed by atoms with Crippen molar-refractivity contribution >= 4 is 5.69 Å². The molecular weight excluding hydrogens is 302 g/mol. The van der Waals surface area contributed by atoms with Crippen molar-refractivity contribution in [1.82, 2.24) is 0 Å². The Hall–Kier alpha value is -2.88. The predicted molar refractivity (Wildman–Crippen MR) is 94.8 cm³/mol. The van der Waals surface area contributed by atoms with Crippen molar-refractivity contribution in [3.8, 4) is 22.6 Å². The van der Waals surface area contributed by atoms with E-state index in [-0.39, 0.29) is 10.6 Å². The smallest absolute Gasteiger partial charge is 0.269 e. The Morgan fingerprint density at radius 3 is 2.33 bits per heavy atom. The molecule has 0 unspecified atom stereocenters. The third kappa shape index (κ3) is 3.38. The molecule has 4 heteroatoms. The fourth-order valence-electron chi connectivity index (χ4n) is 2.71. The molecule has 24 heavy (non-hydrogen) atoms. The van der Waals surface area contributed by atoms with Crippen molar-refractivity contribution in [1.29, 1.82) is 0 Å². The number of non-ortho nitro benzene ring substituents is 1. The molecule has 0 amide bonds. The molecule has 1 aromatic heterocycles. The third-order valence-electron chi connectivity index (χ3n) is 4.01. The molecule has 0 atom stereocenters. The Kier molecular flexibility index (Phi) is 4.75. The molecule has 0 aliphatic heterocycles. The van der Waals surface area contributed by atoms with Gasteiger partial charge in [0.2, 0.25) is 0 Å². The van der Waals surface area contributed by atoms with Crippen molar-refractivity contribution in [2.24, 2.45) is 0 Å². The standard InChI is InChI=1S/C20H19NO3/c1-2-3-7-17-14-19(15-8-5-4-6-9-15)24-20(17)16-10-12-18(13-11-16)21(22)23/h4-6,8-14H,2-3,7H2,1H3. The molecule has 0 aliphatic rings. The van der Waals surface area contributed by atoms with E-state index in [9.17, 15) is 10.1 Å². The van der Waals surface area contributed by atoms with Gasteiger partial charge in [-0.2, -0.15) is 0 Å². The number of hydrogen-bond donors (Lipinski definition) is 0. The Bertz CT molecular complexity index is 820. The molecule has 1 heterocycles. The summed E-state index contributed by atoms with van der Waals surface area (Å²) in [6.45, 7) is 2.16. The summed E-state index contributed by atoms with van der Waals surface area (Å²) in [6.07, 6.45) is 3.11. The van der Waals surface area contributed by atoms with Crippen LogP contribution in [0.25, 0.3) is 22.6 Å². The zero-order valence-electron chi connectivity index (χ0n) is 13.6. The highest BCUT2D eigenvalue weighted by molar-refractivity contribution is 5.69. The second-order valence-corrected chi connectivity index (χ2v) is 5.74. The fraction of sp³-hybridized carbons (Fsp3) is 0.200. The van der Waals surface area contributed by atoms with Crippen LogP contribution in [-0.4, -0.2) is 4.92 Å². The van der Waals surface area contributed by atoms with Gasteiger partial charge in [-0.25, -0.2) is 0 Å². The van der Waals surface area contributed by atoms with Gasteiger partial charge < -0.3 is 4.42 Å². The average Bonchev–Trinajstić information content (AvgIpc) is 3.05. The van der Waals surface area contributed by atoms with E-state index in [0.717, 1.165) is 47.5 Å². The lowest BCUT2D eigenvalue weighted by Crippen LogP contribution is -1.88. The number of hydrogen-bond acceptors (Lipinski definition) is 3. The van der Waals surface area contributed by atoms with E-state index in [1.165, 1.54) is 12.1 Å². The SMILES string of the molecule is CCCCc1cc(-c2ccccc2)oc1-c1ccc([N+](=O)[O-])cc1. The first-order chi connectivity index (χ1) is 11.7. The molecule has 0 fully saturated rings. The molecule has 0 saturated carbocycles. The summed E-state index contributed by atoms with van der Waals surface area (Å²) in [4.78, 5) is 10.4. The number of aryl methyl sites for hydroxylation is 1. The molecule has 4 nitrogen and oxygen atoms in total. The van der Waals surface area contributed by atoms with Crippen molar-refractivity contribution in [2.45, 2.75) is 26.2 Å². The first-order valence-corrected chi connectivity index (χ1v) is 8.12. The summed E-state index contributed by atoms with van der Waals surface area (Å²) in [5, 5.41) is 10.8. The summed E-state index contributed by atoms with van der Waals surface area (Å²) >= 11 is 0. The molecule has 0 bridgehead atoms. The molecule has 2 aromatic carbocycles. The van der Waals surface area contributed by atoms with Gasteiger partial charge in [0.05, 0.1) is 4.92 Å². The highest BCUT2D eigenvalue weighted by Crippen LogP contribution is 2.34. The molecule has 3 aromatic rings. The van der Waals surface area contributed by atoms with Crippen LogP contribution in [0.4, 0.5) is 5.69 Å². The maximum absolute atomic E-state index is 10.8. The van der Waals surface area contributed by atoms with Crippen LogP contribution < -0.4 is 0 Å². The van der Waals surface area contributed by atoms with Crippen LogP contribution in [0.1, 0.15) is 25.3 Å². The quantitative estimate of drug-likeness (QED) is 0.422. The Balaban J connectivity index is 2.01. The predicted octanol–water partition coefficient (Wildman–Crippen LogP) is 5.86. The van der Waals surface area contributed by atoms with Crippen molar-refractivity contribution in [3.63, 3.8) is 0 Å². The minimum absolute atomic E-state index is 0.0868. The number of benzene rings is 2. The summed E-state index contributed by atoms with van der Waals surface area (Å²) < 4.78 is 6.11. The van der Waals surface area contributed by atoms with E-state index in [1.807, 2.05) is 30.3 Å². The van der Waals surface area contributed by atoms with E-state index < -0.39 is 0 Å². The summed E-state index contributed by atoms with van der Waals surface area (Å²) in [7, 11) is 0. The highest BCUT2D eigenvalue weighted by atomic mass is 16.6. The van der Waals surface area contributed by atoms with Crippen LogP contribution in [-0.2, 0) is 6.42 Å². The average molecular weight is 321 g/mol. The molecule has 0 N–H and O–H groups in total. The van der Waals surface area contributed by atoms with E-state index >= 15 is 0 Å². The lowest BCUT2D eigenvalue weighted by atomic mass is 10.0. The minimum atomic E-state index is -0.390. The third-order valence-corrected chi connectivity index (χ3v) is 4.01. The van der Waals surface area contributed by atoms with Gasteiger partial charge in [-0.3, -0.25) is 10.1 Å². The van der Waals surface area contributed by atoms with E-state index in [1.54, 1.807) is 12.1 Å². The van der Waals surface area contributed by atoms with Crippen molar-refractivity contribution in [3.05, 3.63) is 76.3 Å². The van der Waals surface area contributed by atoms with Gasteiger partial charge in [0.15, 0.2) is 0 Å². The van der Waals surface area contributed by atoms with Gasteiger partial charge in [0.1, 0.15) is 11.5 Å². The van der Waals surface area contributed by atoms with E-state index in [4.69, 9.17) is 4.42 Å². The zero-order chi connectivity index (χ0) is 16.9. The fourth-order valence-corrected chi connectivity index (χ4v) is 2.71. The molecule has 0 radical (unpaired) electrons. The van der Waals surface area contributed by atoms with Gasteiger partial charge in [-0.05, 0) is 36.6 Å². The first kappa shape index (κ1) is 16.0. The van der Waals surface area contributed by atoms with Crippen molar-refractivity contribution < 1.29 is 9.34 Å². The largest absolute Gasteiger partial charge is 0.456 e. The lowest BCUT2D eigenvalue weighted by Gasteiger charge is -2.02. The molecule has 3 rings (SSSR count). The van der Waals surface area contributed by atoms with Gasteiger partial charge in [-0.1, -0.05) is 43.7 Å². The summed E-state index contributed by atoms with van der Waals surface area (Å²) in [5.41, 5.74) is 3.13. The van der Waals surface area contributed by atoms with E-state index in [2.05, 4.69) is 13.0 Å². The summed E-state index contributed by atoms with van der Waals surface area (Å²) in [6, 6.07) is 18.6. The van der Waals surface area contributed by atoms with Gasteiger partial charge in [-0.15, -0.1) is 0 Å². The minimum Gasteiger partial charge on any atom is -0.456 e. The number of nitro groups is 1. The maximum Gasteiger partial charge on any atom is 0.269 e. The zero-order valence-corrected chi connectivity index (χ0v) is 13.6. The summed E-state index contributed by atoms with van der Waals surface area (Å²) in [5.74, 6) is 1.63. The molecule has 0 aliphatic carbocycles.